The number of fused-ring (bicyclic) bond motifs is 1. The molecule has 0 amide bonds. The van der Waals surface area contributed by atoms with Gasteiger partial charge in [0.05, 0.1) is 10.9 Å². The van der Waals surface area contributed by atoms with E-state index in [1.54, 1.807) is 12.3 Å². The average Bonchev–Trinajstić information content (AvgIpc) is 2.47. The minimum absolute atomic E-state index is 0.0142. The minimum atomic E-state index is 0.0142. The topological polar surface area (TPSA) is 30.2 Å². The van der Waals surface area contributed by atoms with Gasteiger partial charge in [0, 0.05) is 0 Å². The molecule has 2 heteroatoms. The first kappa shape index (κ1) is 13.6. The molecule has 0 aliphatic carbocycles. The van der Waals surface area contributed by atoms with Gasteiger partial charge in [-0.1, -0.05) is 57.2 Å². The van der Waals surface area contributed by atoms with E-state index >= 15 is 0 Å². The Kier molecular flexibility index (Phi) is 3.17. The maximum absolute atomic E-state index is 12.6. The quantitative estimate of drug-likeness (QED) is 0.642. The van der Waals surface area contributed by atoms with Crippen LogP contribution in [0, 0.1) is 0 Å². The molecule has 2 nitrogen and oxygen atoms in total. The van der Waals surface area contributed by atoms with Crippen LogP contribution in [0.2, 0.25) is 0 Å². The zero-order valence-electron chi connectivity index (χ0n) is 12.5. The highest BCUT2D eigenvalue weighted by molar-refractivity contribution is 5.81. The largest absolute Gasteiger partial charge is 0.463 e. The normalized spacial score (nSPS) is 11.8. The van der Waals surface area contributed by atoms with E-state index in [9.17, 15) is 4.79 Å². The van der Waals surface area contributed by atoms with Crippen LogP contribution in [0.1, 0.15) is 26.3 Å². The highest BCUT2D eigenvalue weighted by Gasteiger charge is 2.14. The van der Waals surface area contributed by atoms with E-state index in [-0.39, 0.29) is 10.8 Å². The predicted molar refractivity (Wildman–Crippen MR) is 86.6 cm³/mol. The standard InChI is InChI=1S/C19H18O2/c1-19(2,3)14-10-8-13(9-11-14)16-12-21-17-7-5-4-6-15(17)18(16)20/h4-12H,1-3H3. The second kappa shape index (κ2) is 4.88. The van der Waals surface area contributed by atoms with Crippen molar-refractivity contribution in [1.82, 2.24) is 0 Å². The van der Waals surface area contributed by atoms with Gasteiger partial charge in [-0.05, 0) is 28.7 Å². The van der Waals surface area contributed by atoms with Gasteiger partial charge in [-0.25, -0.2) is 0 Å². The van der Waals surface area contributed by atoms with Gasteiger partial charge in [0.2, 0.25) is 0 Å². The molecule has 0 aliphatic rings. The lowest BCUT2D eigenvalue weighted by Crippen LogP contribution is -2.11. The SMILES string of the molecule is CC(C)(C)c1ccc(-c2coc3ccccc3c2=O)cc1. The predicted octanol–water partition coefficient (Wildman–Crippen LogP) is 4.76. The van der Waals surface area contributed by atoms with Gasteiger partial charge in [0.15, 0.2) is 5.43 Å². The van der Waals surface area contributed by atoms with Gasteiger partial charge in [-0.2, -0.15) is 0 Å². The summed E-state index contributed by atoms with van der Waals surface area (Å²) in [4.78, 5) is 12.6. The van der Waals surface area contributed by atoms with Gasteiger partial charge in [0.1, 0.15) is 11.8 Å². The van der Waals surface area contributed by atoms with Crippen molar-refractivity contribution in [3.05, 3.63) is 70.6 Å². The molecule has 0 saturated carbocycles. The number of hydrogen-bond donors (Lipinski definition) is 0. The van der Waals surface area contributed by atoms with Crippen LogP contribution in [0.25, 0.3) is 22.1 Å². The van der Waals surface area contributed by atoms with Crippen LogP contribution in [-0.4, -0.2) is 0 Å². The van der Waals surface area contributed by atoms with E-state index in [2.05, 4.69) is 32.9 Å². The van der Waals surface area contributed by atoms with Crippen molar-refractivity contribution >= 4 is 11.0 Å². The number of para-hydroxylation sites is 1. The summed E-state index contributed by atoms with van der Waals surface area (Å²) in [5.41, 5.74) is 3.48. The number of benzene rings is 2. The van der Waals surface area contributed by atoms with Crippen molar-refractivity contribution in [3.8, 4) is 11.1 Å². The lowest BCUT2D eigenvalue weighted by atomic mass is 9.86. The highest BCUT2D eigenvalue weighted by atomic mass is 16.3. The number of hydrogen-bond acceptors (Lipinski definition) is 2. The average molecular weight is 278 g/mol. The molecule has 3 rings (SSSR count). The van der Waals surface area contributed by atoms with Gasteiger partial charge < -0.3 is 4.42 Å². The summed E-state index contributed by atoms with van der Waals surface area (Å²) in [6.07, 6.45) is 1.55. The zero-order valence-corrected chi connectivity index (χ0v) is 12.5. The third kappa shape index (κ3) is 2.49. The second-order valence-electron chi connectivity index (χ2n) is 6.30. The Morgan fingerprint density at radius 1 is 0.905 bits per heavy atom. The van der Waals surface area contributed by atoms with Crippen molar-refractivity contribution in [1.29, 1.82) is 0 Å². The number of rotatable bonds is 1. The van der Waals surface area contributed by atoms with Crippen LogP contribution in [0.5, 0.6) is 0 Å². The van der Waals surface area contributed by atoms with Crippen molar-refractivity contribution in [2.24, 2.45) is 0 Å². The lowest BCUT2D eigenvalue weighted by Gasteiger charge is -2.19. The van der Waals surface area contributed by atoms with E-state index < -0.39 is 0 Å². The van der Waals surface area contributed by atoms with E-state index in [1.165, 1.54) is 5.56 Å². The molecule has 0 N–H and O–H groups in total. The monoisotopic (exact) mass is 278 g/mol. The Balaban J connectivity index is 2.13. The summed E-state index contributed by atoms with van der Waals surface area (Å²) in [6, 6.07) is 15.4. The summed E-state index contributed by atoms with van der Waals surface area (Å²) < 4.78 is 5.58. The third-order valence-electron chi connectivity index (χ3n) is 3.74. The fourth-order valence-electron chi connectivity index (χ4n) is 2.43. The highest BCUT2D eigenvalue weighted by Crippen LogP contribution is 2.25. The molecular weight excluding hydrogens is 260 g/mol. The first-order valence-electron chi connectivity index (χ1n) is 7.08. The molecule has 0 spiro atoms. The van der Waals surface area contributed by atoms with E-state index in [0.717, 1.165) is 5.56 Å². The summed E-state index contributed by atoms with van der Waals surface area (Å²) in [5, 5.41) is 0.620. The molecule has 3 aromatic rings. The van der Waals surface area contributed by atoms with Crippen LogP contribution in [0.15, 0.2) is 64.0 Å². The van der Waals surface area contributed by atoms with Crippen LogP contribution in [-0.2, 0) is 5.41 Å². The molecular formula is C19H18O2. The molecule has 0 atom stereocenters. The van der Waals surface area contributed by atoms with E-state index in [0.29, 0.717) is 16.5 Å². The Hall–Kier alpha value is -2.35. The molecule has 0 aliphatic heterocycles. The summed E-state index contributed by atoms with van der Waals surface area (Å²) in [6.45, 7) is 6.52. The molecule has 1 heterocycles. The Morgan fingerprint density at radius 2 is 1.57 bits per heavy atom. The molecule has 106 valence electrons. The van der Waals surface area contributed by atoms with Gasteiger partial charge in [-0.3, -0.25) is 4.79 Å². The molecule has 21 heavy (non-hydrogen) atoms. The smallest absolute Gasteiger partial charge is 0.200 e. The van der Waals surface area contributed by atoms with E-state index in [4.69, 9.17) is 4.42 Å². The molecule has 0 radical (unpaired) electrons. The molecule has 0 unspecified atom stereocenters. The van der Waals surface area contributed by atoms with Crippen LogP contribution >= 0.6 is 0 Å². The first-order chi connectivity index (χ1) is 9.97. The molecule has 2 aromatic carbocycles. The summed E-state index contributed by atoms with van der Waals surface area (Å²) in [5.74, 6) is 0. The molecule has 0 saturated heterocycles. The van der Waals surface area contributed by atoms with Gasteiger partial charge in [0.25, 0.3) is 0 Å². The van der Waals surface area contributed by atoms with Crippen LogP contribution in [0.4, 0.5) is 0 Å². The zero-order chi connectivity index (χ0) is 15.0. The summed E-state index contributed by atoms with van der Waals surface area (Å²) in [7, 11) is 0. The van der Waals surface area contributed by atoms with Crippen molar-refractivity contribution in [3.63, 3.8) is 0 Å². The van der Waals surface area contributed by atoms with E-state index in [1.807, 2.05) is 30.3 Å². The van der Waals surface area contributed by atoms with Crippen molar-refractivity contribution < 1.29 is 4.42 Å². The molecule has 0 bridgehead atoms. The molecule has 0 fully saturated rings. The Labute approximate surface area is 124 Å². The first-order valence-corrected chi connectivity index (χ1v) is 7.08. The fraction of sp³-hybridized carbons (Fsp3) is 0.211. The summed E-state index contributed by atoms with van der Waals surface area (Å²) >= 11 is 0. The maximum atomic E-state index is 12.6. The van der Waals surface area contributed by atoms with Crippen molar-refractivity contribution in [2.75, 3.05) is 0 Å². The van der Waals surface area contributed by atoms with Gasteiger partial charge >= 0.3 is 0 Å². The Bertz CT molecular complexity index is 834. The minimum Gasteiger partial charge on any atom is -0.463 e. The second-order valence-corrected chi connectivity index (χ2v) is 6.30. The molecule has 1 aromatic heterocycles. The van der Waals surface area contributed by atoms with Gasteiger partial charge in [-0.15, -0.1) is 0 Å². The maximum Gasteiger partial charge on any atom is 0.200 e. The third-order valence-corrected chi connectivity index (χ3v) is 3.74. The van der Waals surface area contributed by atoms with Crippen molar-refractivity contribution in [2.45, 2.75) is 26.2 Å². The Morgan fingerprint density at radius 3 is 2.24 bits per heavy atom. The van der Waals surface area contributed by atoms with Crippen LogP contribution < -0.4 is 5.43 Å². The lowest BCUT2D eigenvalue weighted by molar-refractivity contribution is 0.590. The van der Waals surface area contributed by atoms with Crippen LogP contribution in [0.3, 0.4) is 0 Å². The fourth-order valence-corrected chi connectivity index (χ4v) is 2.43.